The Balaban J connectivity index is 0.00000274. The van der Waals surface area contributed by atoms with Crippen LogP contribution in [0.2, 0.25) is 10.0 Å². The van der Waals surface area contributed by atoms with E-state index in [4.69, 9.17) is 23.2 Å². The van der Waals surface area contributed by atoms with Gasteiger partial charge in [0.25, 0.3) is 11.9 Å². The highest BCUT2D eigenvalue weighted by molar-refractivity contribution is 6.31. The van der Waals surface area contributed by atoms with Crippen LogP contribution in [0.5, 0.6) is 0 Å². The van der Waals surface area contributed by atoms with Crippen molar-refractivity contribution < 1.29 is 4.79 Å². The molecule has 0 saturated carbocycles. The molecule has 0 aliphatic carbocycles. The lowest BCUT2D eigenvalue weighted by atomic mass is 10.0. The summed E-state index contributed by atoms with van der Waals surface area (Å²) in [6, 6.07) is 22.3. The number of hydrogen-bond acceptors (Lipinski definition) is 4. The van der Waals surface area contributed by atoms with Crippen molar-refractivity contribution in [2.24, 2.45) is 0 Å². The molecule has 1 aliphatic rings. The van der Waals surface area contributed by atoms with E-state index in [1.807, 2.05) is 31.2 Å². The van der Waals surface area contributed by atoms with Gasteiger partial charge in [0.15, 0.2) is 0 Å². The van der Waals surface area contributed by atoms with Crippen LogP contribution in [0.3, 0.4) is 0 Å². The predicted molar refractivity (Wildman–Crippen MR) is 139 cm³/mol. The zero-order chi connectivity index (χ0) is 22.9. The zero-order valence-corrected chi connectivity index (χ0v) is 20.3. The maximum absolute atomic E-state index is 12.7. The lowest BCUT2D eigenvalue weighted by molar-refractivity contribution is 0.102. The molecule has 0 bridgehead atoms. The highest BCUT2D eigenvalue weighted by atomic mass is 35.5. The molecule has 1 aromatic heterocycles. The molecule has 34 heavy (non-hydrogen) atoms. The monoisotopic (exact) mass is 511 g/mol. The number of aromatic nitrogens is 3. The zero-order valence-electron chi connectivity index (χ0n) is 18.0. The van der Waals surface area contributed by atoms with E-state index < -0.39 is 0 Å². The number of allylic oxidation sites excluding steroid dienone is 1. The van der Waals surface area contributed by atoms with Gasteiger partial charge in [-0.25, -0.2) is 4.68 Å². The standard InChI is InChI=1S/C25H19Cl2N5O.ClH/c1-15-5-7-17(8-6-15)22-14-21(16-9-11-19(26)12-10-16)28-25-30-24(31-32(22)25)29-23(33)18-3-2-4-20(27)13-18;/h2-14,22H,1H3,(H2,28,29,30,31,33);1H. The van der Waals surface area contributed by atoms with Crippen molar-refractivity contribution in [1.82, 2.24) is 14.8 Å². The van der Waals surface area contributed by atoms with Gasteiger partial charge >= 0.3 is 0 Å². The van der Waals surface area contributed by atoms with Crippen LogP contribution in [0.25, 0.3) is 5.70 Å². The first-order valence-corrected chi connectivity index (χ1v) is 11.1. The van der Waals surface area contributed by atoms with E-state index in [0.717, 1.165) is 16.8 Å². The van der Waals surface area contributed by atoms with Crippen molar-refractivity contribution in [2.75, 3.05) is 10.6 Å². The number of carbonyl (C=O) groups excluding carboxylic acids is 1. The minimum Gasteiger partial charge on any atom is -0.324 e. The largest absolute Gasteiger partial charge is 0.324 e. The first kappa shape index (κ1) is 23.8. The van der Waals surface area contributed by atoms with Gasteiger partial charge in [-0.1, -0.05) is 71.2 Å². The van der Waals surface area contributed by atoms with Gasteiger partial charge in [0.1, 0.15) is 6.04 Å². The van der Waals surface area contributed by atoms with E-state index in [1.165, 1.54) is 5.56 Å². The molecule has 0 spiro atoms. The van der Waals surface area contributed by atoms with Crippen LogP contribution in [0.4, 0.5) is 11.9 Å². The van der Waals surface area contributed by atoms with E-state index >= 15 is 0 Å². The predicted octanol–water partition coefficient (Wildman–Crippen LogP) is 6.62. The second kappa shape index (κ2) is 9.89. The van der Waals surface area contributed by atoms with Crippen molar-refractivity contribution in [3.05, 3.63) is 111 Å². The van der Waals surface area contributed by atoms with Gasteiger partial charge in [0.05, 0.1) is 0 Å². The average molecular weight is 513 g/mol. The number of carbonyl (C=O) groups is 1. The molecule has 2 heterocycles. The molecule has 5 rings (SSSR count). The number of fused-ring (bicyclic) bond motifs is 1. The Morgan fingerprint density at radius 2 is 1.74 bits per heavy atom. The number of rotatable bonds is 4. The SMILES string of the molecule is Cc1ccc(C2C=C(c3ccc(Cl)cc3)Nc3nc(NC(=O)c4cccc(Cl)c4)nn32)cc1.Cl. The van der Waals surface area contributed by atoms with Gasteiger partial charge in [-0.2, -0.15) is 4.98 Å². The van der Waals surface area contributed by atoms with Gasteiger partial charge in [-0.05, 0) is 54.5 Å². The fourth-order valence-electron chi connectivity index (χ4n) is 3.65. The van der Waals surface area contributed by atoms with Gasteiger partial charge in [0, 0.05) is 21.3 Å². The highest BCUT2D eigenvalue weighted by Gasteiger charge is 2.26. The number of anilines is 2. The van der Waals surface area contributed by atoms with Crippen LogP contribution in [-0.4, -0.2) is 20.7 Å². The molecular weight excluding hydrogens is 493 g/mol. The fraction of sp³-hybridized carbons (Fsp3) is 0.0800. The minimum absolute atomic E-state index is 0. The summed E-state index contributed by atoms with van der Waals surface area (Å²) in [5.41, 5.74) is 4.49. The molecule has 3 aromatic carbocycles. The maximum Gasteiger partial charge on any atom is 0.258 e. The summed E-state index contributed by atoms with van der Waals surface area (Å²) in [7, 11) is 0. The smallest absolute Gasteiger partial charge is 0.258 e. The van der Waals surface area contributed by atoms with Gasteiger partial charge in [0.2, 0.25) is 5.95 Å². The molecule has 1 unspecified atom stereocenters. The van der Waals surface area contributed by atoms with Crippen LogP contribution < -0.4 is 10.6 Å². The molecule has 1 atom stereocenters. The summed E-state index contributed by atoms with van der Waals surface area (Å²) >= 11 is 12.1. The van der Waals surface area contributed by atoms with Gasteiger partial charge in [-0.15, -0.1) is 17.5 Å². The molecular formula is C25H20Cl3N5O. The third kappa shape index (κ3) is 4.94. The quantitative estimate of drug-likeness (QED) is 0.322. The van der Waals surface area contributed by atoms with Crippen LogP contribution >= 0.6 is 35.6 Å². The molecule has 0 fully saturated rings. The third-order valence-corrected chi connectivity index (χ3v) is 5.84. The molecule has 4 aromatic rings. The van der Waals surface area contributed by atoms with Crippen molar-refractivity contribution in [2.45, 2.75) is 13.0 Å². The number of amides is 1. The second-order valence-corrected chi connectivity index (χ2v) is 8.61. The summed E-state index contributed by atoms with van der Waals surface area (Å²) in [6.07, 6.45) is 2.08. The molecule has 172 valence electrons. The topological polar surface area (TPSA) is 71.8 Å². The molecule has 1 amide bonds. The molecule has 0 saturated heterocycles. The van der Waals surface area contributed by atoms with E-state index in [2.05, 4.69) is 51.1 Å². The van der Waals surface area contributed by atoms with Gasteiger partial charge in [-0.3, -0.25) is 10.1 Å². The van der Waals surface area contributed by atoms with E-state index in [-0.39, 0.29) is 30.3 Å². The number of halogens is 3. The number of nitrogens with one attached hydrogen (secondary N) is 2. The molecule has 2 N–H and O–H groups in total. The normalized spacial score (nSPS) is 14.3. The molecule has 1 aliphatic heterocycles. The Bertz CT molecular complexity index is 1360. The number of nitrogens with zero attached hydrogens (tertiary/aromatic N) is 3. The summed E-state index contributed by atoms with van der Waals surface area (Å²) in [5, 5.41) is 11.8. The van der Waals surface area contributed by atoms with Crippen molar-refractivity contribution >= 4 is 59.1 Å². The number of aryl methyl sites for hydroxylation is 1. The van der Waals surface area contributed by atoms with E-state index in [9.17, 15) is 4.79 Å². The maximum atomic E-state index is 12.7. The Kier molecular flexibility index (Phi) is 6.93. The minimum atomic E-state index is -0.335. The summed E-state index contributed by atoms with van der Waals surface area (Å²) in [4.78, 5) is 17.2. The lowest BCUT2D eigenvalue weighted by Crippen LogP contribution is -2.20. The number of benzene rings is 3. The van der Waals surface area contributed by atoms with Crippen molar-refractivity contribution in [1.29, 1.82) is 0 Å². The van der Waals surface area contributed by atoms with Crippen LogP contribution in [0.1, 0.15) is 33.1 Å². The molecule has 6 nitrogen and oxygen atoms in total. The average Bonchev–Trinajstić information content (AvgIpc) is 3.22. The van der Waals surface area contributed by atoms with E-state index in [1.54, 1.807) is 28.9 Å². The third-order valence-electron chi connectivity index (χ3n) is 5.35. The Labute approximate surface area is 213 Å². The first-order valence-electron chi connectivity index (χ1n) is 10.3. The first-order chi connectivity index (χ1) is 16.0. The highest BCUT2D eigenvalue weighted by Crippen LogP contribution is 2.33. The Hall–Kier alpha value is -3.32. The fourth-order valence-corrected chi connectivity index (χ4v) is 3.96. The molecule has 0 radical (unpaired) electrons. The second-order valence-electron chi connectivity index (χ2n) is 7.74. The van der Waals surface area contributed by atoms with Gasteiger partial charge < -0.3 is 5.32 Å². The van der Waals surface area contributed by atoms with Crippen LogP contribution in [0.15, 0.2) is 78.9 Å². The van der Waals surface area contributed by atoms with Crippen LogP contribution in [-0.2, 0) is 0 Å². The summed E-state index contributed by atoms with van der Waals surface area (Å²) < 4.78 is 1.76. The van der Waals surface area contributed by atoms with Crippen molar-refractivity contribution in [3.8, 4) is 0 Å². The number of hydrogen-bond donors (Lipinski definition) is 2. The summed E-state index contributed by atoms with van der Waals surface area (Å²) in [5.74, 6) is 0.387. The summed E-state index contributed by atoms with van der Waals surface area (Å²) in [6.45, 7) is 2.05. The lowest BCUT2D eigenvalue weighted by Gasteiger charge is -2.24. The van der Waals surface area contributed by atoms with Crippen LogP contribution in [0, 0.1) is 6.92 Å². The Morgan fingerprint density at radius 3 is 2.44 bits per heavy atom. The van der Waals surface area contributed by atoms with Crippen molar-refractivity contribution in [3.63, 3.8) is 0 Å². The molecule has 9 heteroatoms. The van der Waals surface area contributed by atoms with E-state index in [0.29, 0.717) is 21.6 Å². The Morgan fingerprint density at radius 1 is 1.00 bits per heavy atom.